The molecular weight excluding hydrogens is 286 g/mol. The Balaban J connectivity index is 2.16. The first-order chi connectivity index (χ1) is 10.4. The van der Waals surface area contributed by atoms with Crippen LogP contribution in [-0.4, -0.2) is 32.6 Å². The van der Waals surface area contributed by atoms with Crippen LogP contribution in [0.1, 0.15) is 45.6 Å². The largest absolute Gasteiger partial charge is 0.416 e. The van der Waals surface area contributed by atoms with Crippen molar-refractivity contribution >= 4 is 9.04 Å². The maximum atomic E-state index is 6.52. The van der Waals surface area contributed by atoms with Crippen LogP contribution >= 0.6 is 0 Å². The Morgan fingerprint density at radius 3 is 2.45 bits per heavy atom. The molecular formula is C19H33NOSi. The minimum atomic E-state index is -1.04. The van der Waals surface area contributed by atoms with E-state index in [2.05, 4.69) is 69.1 Å². The highest BCUT2D eigenvalue weighted by Crippen LogP contribution is 2.33. The summed E-state index contributed by atoms with van der Waals surface area (Å²) < 4.78 is 6.52. The minimum Gasteiger partial charge on any atom is -0.416 e. The summed E-state index contributed by atoms with van der Waals surface area (Å²) in [7, 11) is -1.04. The molecule has 1 saturated heterocycles. The van der Waals surface area contributed by atoms with Crippen molar-refractivity contribution in [2.75, 3.05) is 6.54 Å². The van der Waals surface area contributed by atoms with Crippen LogP contribution in [0.4, 0.5) is 0 Å². The van der Waals surface area contributed by atoms with E-state index >= 15 is 0 Å². The summed E-state index contributed by atoms with van der Waals surface area (Å²) in [5.41, 5.74) is 1.62. The summed E-state index contributed by atoms with van der Waals surface area (Å²) in [5, 5.41) is 0. The summed E-state index contributed by atoms with van der Waals surface area (Å²) in [4.78, 5) is 2.67. The number of likely N-dealkylation sites (tertiary alicyclic amines) is 1. The van der Waals surface area contributed by atoms with Crippen LogP contribution in [0.25, 0.3) is 0 Å². The molecule has 0 spiro atoms. The first-order valence-electron chi connectivity index (χ1n) is 8.81. The highest BCUT2D eigenvalue weighted by atomic mass is 28.3. The molecule has 0 N–H and O–H groups in total. The van der Waals surface area contributed by atoms with Crippen LogP contribution in [0.15, 0.2) is 30.3 Å². The van der Waals surface area contributed by atoms with Gasteiger partial charge in [0.05, 0.1) is 6.10 Å². The third-order valence-corrected chi connectivity index (χ3v) is 5.35. The van der Waals surface area contributed by atoms with Crippen molar-refractivity contribution in [3.8, 4) is 0 Å². The second-order valence-corrected chi connectivity index (χ2v) is 10.4. The molecule has 1 aliphatic rings. The van der Waals surface area contributed by atoms with Gasteiger partial charge in [0.2, 0.25) is 0 Å². The van der Waals surface area contributed by atoms with E-state index in [-0.39, 0.29) is 5.41 Å². The van der Waals surface area contributed by atoms with Crippen LogP contribution in [0.5, 0.6) is 0 Å². The second kappa shape index (κ2) is 7.76. The van der Waals surface area contributed by atoms with Crippen molar-refractivity contribution < 1.29 is 4.43 Å². The lowest BCUT2D eigenvalue weighted by atomic mass is 9.81. The Labute approximate surface area is 138 Å². The molecule has 1 aliphatic heterocycles. The molecule has 0 aromatic heterocycles. The number of piperidine rings is 1. The average molecular weight is 320 g/mol. The van der Waals surface area contributed by atoms with E-state index in [4.69, 9.17) is 4.43 Å². The molecule has 1 aromatic carbocycles. The number of nitrogens with zero attached hydrogens (tertiary/aromatic N) is 1. The standard InChI is InChI=1S/C19H33NOSi/c1-19(2,3)18(21-22(4)5)17-13-9-10-14-20(17)15-16-11-7-6-8-12-16/h6-8,11-12,17-18,22H,9-10,13-15H2,1-5H3. The Morgan fingerprint density at radius 2 is 1.86 bits per heavy atom. The summed E-state index contributed by atoms with van der Waals surface area (Å²) in [6.45, 7) is 13.9. The van der Waals surface area contributed by atoms with Crippen LogP contribution in [0.3, 0.4) is 0 Å². The van der Waals surface area contributed by atoms with Gasteiger partial charge in [-0.25, -0.2) is 0 Å². The molecule has 0 amide bonds. The summed E-state index contributed by atoms with van der Waals surface area (Å²) >= 11 is 0. The van der Waals surface area contributed by atoms with E-state index in [1.807, 2.05) is 0 Å². The van der Waals surface area contributed by atoms with E-state index in [1.165, 1.54) is 31.4 Å². The van der Waals surface area contributed by atoms with E-state index in [0.29, 0.717) is 12.1 Å². The number of benzene rings is 1. The quantitative estimate of drug-likeness (QED) is 0.743. The van der Waals surface area contributed by atoms with Gasteiger partial charge in [-0.15, -0.1) is 0 Å². The van der Waals surface area contributed by atoms with Gasteiger partial charge in [-0.2, -0.15) is 0 Å². The van der Waals surface area contributed by atoms with Gasteiger partial charge in [-0.3, -0.25) is 4.90 Å². The average Bonchev–Trinajstić information content (AvgIpc) is 2.45. The number of hydrogen-bond acceptors (Lipinski definition) is 2. The summed E-state index contributed by atoms with van der Waals surface area (Å²) in [6.07, 6.45) is 4.28. The summed E-state index contributed by atoms with van der Waals surface area (Å²) in [6, 6.07) is 11.4. The predicted molar refractivity (Wildman–Crippen MR) is 97.7 cm³/mol. The molecule has 2 unspecified atom stereocenters. The zero-order chi connectivity index (χ0) is 16.2. The summed E-state index contributed by atoms with van der Waals surface area (Å²) in [5.74, 6) is 0. The topological polar surface area (TPSA) is 12.5 Å². The van der Waals surface area contributed by atoms with Crippen LogP contribution in [0.2, 0.25) is 13.1 Å². The van der Waals surface area contributed by atoms with Gasteiger partial charge >= 0.3 is 0 Å². The maximum absolute atomic E-state index is 6.52. The molecule has 3 heteroatoms. The molecule has 0 radical (unpaired) electrons. The van der Waals surface area contributed by atoms with Crippen LogP contribution in [0, 0.1) is 5.41 Å². The van der Waals surface area contributed by atoms with E-state index in [1.54, 1.807) is 0 Å². The van der Waals surface area contributed by atoms with Gasteiger partial charge in [-0.1, -0.05) is 57.5 Å². The molecule has 0 aliphatic carbocycles. The third-order valence-electron chi connectivity index (χ3n) is 4.51. The Hall–Kier alpha value is -0.643. The third kappa shape index (κ3) is 4.93. The highest BCUT2D eigenvalue weighted by Gasteiger charge is 2.38. The molecule has 0 saturated carbocycles. The van der Waals surface area contributed by atoms with Crippen molar-refractivity contribution in [3.05, 3.63) is 35.9 Å². The fourth-order valence-corrected chi connectivity index (χ4v) is 4.72. The fraction of sp³-hybridized carbons (Fsp3) is 0.684. The lowest BCUT2D eigenvalue weighted by Gasteiger charge is -2.46. The molecule has 2 nitrogen and oxygen atoms in total. The van der Waals surface area contributed by atoms with Crippen molar-refractivity contribution in [2.24, 2.45) is 5.41 Å². The van der Waals surface area contributed by atoms with E-state index in [9.17, 15) is 0 Å². The van der Waals surface area contributed by atoms with Gasteiger partial charge in [0.1, 0.15) is 0 Å². The minimum absolute atomic E-state index is 0.203. The van der Waals surface area contributed by atoms with Crippen molar-refractivity contribution in [3.63, 3.8) is 0 Å². The maximum Gasteiger partial charge on any atom is 0.171 e. The van der Waals surface area contributed by atoms with Crippen molar-refractivity contribution in [2.45, 2.75) is 71.8 Å². The first-order valence-corrected chi connectivity index (χ1v) is 11.6. The van der Waals surface area contributed by atoms with Gasteiger partial charge in [-0.05, 0) is 43.5 Å². The monoisotopic (exact) mass is 319 g/mol. The predicted octanol–water partition coefficient (Wildman–Crippen LogP) is 4.46. The van der Waals surface area contributed by atoms with Crippen LogP contribution in [-0.2, 0) is 11.0 Å². The lowest BCUT2D eigenvalue weighted by molar-refractivity contribution is -0.0226. The zero-order valence-corrected chi connectivity index (χ0v) is 16.2. The molecule has 1 aromatic rings. The molecule has 1 heterocycles. The van der Waals surface area contributed by atoms with E-state index in [0.717, 1.165) is 6.54 Å². The molecule has 124 valence electrons. The number of hydrogen-bond donors (Lipinski definition) is 0. The SMILES string of the molecule is C[SiH](C)OC(C1CCCCN1Cc1ccccc1)C(C)(C)C. The zero-order valence-electron chi connectivity index (χ0n) is 15.0. The Morgan fingerprint density at radius 1 is 1.18 bits per heavy atom. The van der Waals surface area contributed by atoms with Crippen LogP contribution < -0.4 is 0 Å². The first kappa shape index (κ1) is 17.7. The second-order valence-electron chi connectivity index (χ2n) is 7.99. The van der Waals surface area contributed by atoms with Gasteiger partial charge in [0.25, 0.3) is 0 Å². The molecule has 2 rings (SSSR count). The lowest BCUT2D eigenvalue weighted by Crippen LogP contribution is -2.53. The fourth-order valence-electron chi connectivity index (χ4n) is 3.54. The van der Waals surface area contributed by atoms with E-state index < -0.39 is 9.04 Å². The molecule has 2 atom stereocenters. The Bertz CT molecular complexity index is 440. The van der Waals surface area contributed by atoms with Gasteiger partial charge < -0.3 is 4.43 Å². The van der Waals surface area contributed by atoms with Gasteiger partial charge in [0.15, 0.2) is 9.04 Å². The molecule has 1 fully saturated rings. The Kier molecular flexibility index (Phi) is 6.24. The highest BCUT2D eigenvalue weighted by molar-refractivity contribution is 6.48. The van der Waals surface area contributed by atoms with Crippen molar-refractivity contribution in [1.29, 1.82) is 0 Å². The normalized spacial score (nSPS) is 22.0. The smallest absolute Gasteiger partial charge is 0.171 e. The van der Waals surface area contributed by atoms with Gasteiger partial charge in [0, 0.05) is 12.6 Å². The molecule has 22 heavy (non-hydrogen) atoms. The van der Waals surface area contributed by atoms with Crippen molar-refractivity contribution in [1.82, 2.24) is 4.90 Å². The number of rotatable bonds is 5. The molecule has 0 bridgehead atoms.